The maximum absolute atomic E-state index is 14.0. The van der Waals surface area contributed by atoms with Crippen molar-refractivity contribution in [3.63, 3.8) is 0 Å². The van der Waals surface area contributed by atoms with Crippen LogP contribution in [0.4, 0.5) is 5.69 Å². The van der Waals surface area contributed by atoms with Crippen molar-refractivity contribution < 1.29 is 9.53 Å². The first kappa shape index (κ1) is 22.5. The number of hydrogen-bond donors (Lipinski definition) is 1. The Bertz CT molecular complexity index is 1420. The molecule has 2 aromatic carbocycles. The molecular weight excluding hydrogens is 516 g/mol. The van der Waals surface area contributed by atoms with Crippen LogP contribution in [0.3, 0.4) is 0 Å². The summed E-state index contributed by atoms with van der Waals surface area (Å²) in [6.07, 6.45) is 5.72. The predicted octanol–water partition coefficient (Wildman–Crippen LogP) is 5.12. The number of piperazine rings is 1. The number of anilines is 1. The van der Waals surface area contributed by atoms with E-state index in [1.54, 1.807) is 6.07 Å². The average molecular weight is 545 g/mol. The molecule has 6 nitrogen and oxygen atoms in total. The van der Waals surface area contributed by atoms with Crippen LogP contribution in [0.15, 0.2) is 34.8 Å². The van der Waals surface area contributed by atoms with E-state index in [9.17, 15) is 10.1 Å². The topological polar surface area (TPSA) is 72.4 Å². The molecule has 1 N–H and O–H groups in total. The average Bonchev–Trinajstić information content (AvgIpc) is 3.27. The van der Waals surface area contributed by atoms with E-state index in [4.69, 9.17) is 4.74 Å². The highest BCUT2D eigenvalue weighted by molar-refractivity contribution is 9.10. The third-order valence-corrected chi connectivity index (χ3v) is 9.71. The second-order valence-electron chi connectivity index (χ2n) is 10.7. The summed E-state index contributed by atoms with van der Waals surface area (Å²) < 4.78 is 6.81. The summed E-state index contributed by atoms with van der Waals surface area (Å²) in [5.41, 5.74) is 6.01. The number of aromatic amines is 1. The first-order chi connectivity index (χ1) is 17.6. The number of halogens is 1. The van der Waals surface area contributed by atoms with Crippen molar-refractivity contribution in [2.45, 2.75) is 43.6 Å². The van der Waals surface area contributed by atoms with E-state index in [2.05, 4.69) is 48.9 Å². The molecule has 4 aliphatic rings. The van der Waals surface area contributed by atoms with Gasteiger partial charge in [0.15, 0.2) is 5.78 Å². The fraction of sp³-hybridized carbons (Fsp3) is 0.448. The Hall–Kier alpha value is -2.66. The summed E-state index contributed by atoms with van der Waals surface area (Å²) in [7, 11) is 0. The summed E-state index contributed by atoms with van der Waals surface area (Å²) in [6.45, 7) is 5.53. The van der Waals surface area contributed by atoms with Crippen molar-refractivity contribution in [3.05, 3.63) is 62.8 Å². The van der Waals surface area contributed by atoms with E-state index < -0.39 is 0 Å². The number of ketones is 1. The zero-order valence-corrected chi connectivity index (χ0v) is 21.9. The van der Waals surface area contributed by atoms with E-state index in [-0.39, 0.29) is 11.2 Å². The Morgan fingerprint density at radius 2 is 1.86 bits per heavy atom. The Morgan fingerprint density at radius 1 is 1.08 bits per heavy atom. The summed E-state index contributed by atoms with van der Waals surface area (Å²) >= 11 is 3.84. The van der Waals surface area contributed by atoms with Gasteiger partial charge in [0.1, 0.15) is 0 Å². The first-order valence-corrected chi connectivity index (χ1v) is 13.9. The van der Waals surface area contributed by atoms with E-state index in [1.165, 1.54) is 24.9 Å². The lowest BCUT2D eigenvalue weighted by Gasteiger charge is -2.45. The van der Waals surface area contributed by atoms with Crippen LogP contribution in [-0.2, 0) is 10.2 Å². The van der Waals surface area contributed by atoms with Crippen LogP contribution < -0.4 is 4.90 Å². The van der Waals surface area contributed by atoms with E-state index >= 15 is 0 Å². The molecule has 1 saturated carbocycles. The maximum atomic E-state index is 14.0. The van der Waals surface area contributed by atoms with Crippen LogP contribution >= 0.6 is 15.9 Å². The molecule has 3 aromatic rings. The second kappa shape index (κ2) is 8.44. The largest absolute Gasteiger partial charge is 0.381 e. The third-order valence-electron chi connectivity index (χ3n) is 9.07. The molecule has 7 rings (SSSR count). The maximum Gasteiger partial charge on any atom is 0.195 e. The molecule has 0 unspecified atom stereocenters. The van der Waals surface area contributed by atoms with Gasteiger partial charge in [0.25, 0.3) is 0 Å². The smallest absolute Gasteiger partial charge is 0.195 e. The molecule has 0 bridgehead atoms. The minimum absolute atomic E-state index is 0.0649. The second-order valence-corrected chi connectivity index (χ2v) is 11.6. The standard InChI is InChI=1S/C29H29BrN4O2/c30-23-15-21-22(16-25(23)34-10-8-33(9-11-34)19-2-1-3-19)29(6-12-36-13-7-29)28-26(27(21)35)20-5-4-18(17-31)14-24(20)32-28/h4-5,14-16,19,32H,1-3,6-13H2. The van der Waals surface area contributed by atoms with E-state index in [0.29, 0.717) is 18.8 Å². The van der Waals surface area contributed by atoms with Crippen molar-refractivity contribution in [2.75, 3.05) is 44.3 Å². The number of carbonyl (C=O) groups excluding carboxylic acids is 1. The van der Waals surface area contributed by atoms with Crippen LogP contribution in [0, 0.1) is 11.3 Å². The number of hydrogen-bond acceptors (Lipinski definition) is 5. The van der Waals surface area contributed by atoms with Gasteiger partial charge in [-0.25, -0.2) is 0 Å². The van der Waals surface area contributed by atoms with Gasteiger partial charge in [-0.1, -0.05) is 12.5 Å². The lowest BCUT2D eigenvalue weighted by atomic mass is 9.64. The summed E-state index contributed by atoms with van der Waals surface area (Å²) in [5, 5.41) is 10.3. The SMILES string of the molecule is N#Cc1ccc2c3c([nH]c2c1)C1(CCOCC1)c1cc(N2CCN(C4CCC4)CC2)c(Br)cc1C3=O. The van der Waals surface area contributed by atoms with Gasteiger partial charge in [0.05, 0.1) is 22.9 Å². The number of nitrogens with zero attached hydrogens (tertiary/aromatic N) is 3. The number of fused-ring (bicyclic) bond motifs is 6. The van der Waals surface area contributed by atoms with Gasteiger partial charge in [-0.15, -0.1) is 0 Å². The van der Waals surface area contributed by atoms with Gasteiger partial charge in [0, 0.05) is 77.5 Å². The van der Waals surface area contributed by atoms with Crippen molar-refractivity contribution in [2.24, 2.45) is 0 Å². The third kappa shape index (κ3) is 3.24. The van der Waals surface area contributed by atoms with Gasteiger partial charge in [0.2, 0.25) is 0 Å². The molecule has 3 fully saturated rings. The molecule has 1 spiro atoms. The molecule has 0 amide bonds. The number of rotatable bonds is 2. The molecule has 2 aliphatic heterocycles. The Balaban J connectivity index is 1.34. The Kier molecular flexibility index (Phi) is 5.28. The normalized spacial score (nSPS) is 21.8. The Morgan fingerprint density at radius 3 is 2.56 bits per heavy atom. The molecule has 0 atom stereocenters. The Labute approximate surface area is 219 Å². The van der Waals surface area contributed by atoms with Crippen molar-refractivity contribution in [1.82, 2.24) is 9.88 Å². The van der Waals surface area contributed by atoms with Crippen LogP contribution in [0.2, 0.25) is 0 Å². The van der Waals surface area contributed by atoms with Crippen molar-refractivity contribution in [3.8, 4) is 6.07 Å². The quantitative estimate of drug-likeness (QED) is 0.484. The molecule has 36 heavy (non-hydrogen) atoms. The highest BCUT2D eigenvalue weighted by atomic mass is 79.9. The van der Waals surface area contributed by atoms with Crippen LogP contribution in [0.5, 0.6) is 0 Å². The highest BCUT2D eigenvalue weighted by Crippen LogP contribution is 2.51. The number of H-pyrrole nitrogens is 1. The molecule has 2 aliphatic carbocycles. The monoisotopic (exact) mass is 544 g/mol. The molecular formula is C29H29BrN4O2. The molecule has 1 aromatic heterocycles. The molecule has 7 heteroatoms. The predicted molar refractivity (Wildman–Crippen MR) is 143 cm³/mol. The zero-order chi connectivity index (χ0) is 24.4. The van der Waals surface area contributed by atoms with Gasteiger partial charge in [-0.2, -0.15) is 5.26 Å². The zero-order valence-electron chi connectivity index (χ0n) is 20.3. The molecule has 0 radical (unpaired) electrons. The highest BCUT2D eigenvalue weighted by Gasteiger charge is 2.47. The van der Waals surface area contributed by atoms with Gasteiger partial charge in [-0.3, -0.25) is 9.69 Å². The lowest BCUT2D eigenvalue weighted by molar-refractivity contribution is 0.0602. The van der Waals surface area contributed by atoms with E-state index in [0.717, 1.165) is 82.8 Å². The van der Waals surface area contributed by atoms with Crippen LogP contribution in [0.1, 0.15) is 64.8 Å². The van der Waals surface area contributed by atoms with Gasteiger partial charge >= 0.3 is 0 Å². The summed E-state index contributed by atoms with van der Waals surface area (Å²) in [4.78, 5) is 22.7. The lowest BCUT2D eigenvalue weighted by Crippen LogP contribution is -2.52. The fourth-order valence-electron chi connectivity index (χ4n) is 6.84. The number of carbonyl (C=O) groups is 1. The van der Waals surface area contributed by atoms with Gasteiger partial charge < -0.3 is 14.6 Å². The van der Waals surface area contributed by atoms with Crippen molar-refractivity contribution in [1.29, 1.82) is 5.26 Å². The number of ether oxygens (including phenoxy) is 1. The number of nitriles is 1. The number of benzene rings is 2. The van der Waals surface area contributed by atoms with Gasteiger partial charge in [-0.05, 0) is 71.4 Å². The fourth-order valence-corrected chi connectivity index (χ4v) is 7.43. The van der Waals surface area contributed by atoms with Crippen molar-refractivity contribution >= 4 is 38.3 Å². The summed E-state index contributed by atoms with van der Waals surface area (Å²) in [6, 6.07) is 12.9. The summed E-state index contributed by atoms with van der Waals surface area (Å²) in [5.74, 6) is 0.0649. The van der Waals surface area contributed by atoms with Crippen LogP contribution in [0.25, 0.3) is 10.9 Å². The molecule has 3 heterocycles. The van der Waals surface area contributed by atoms with E-state index in [1.807, 2.05) is 12.1 Å². The molecule has 184 valence electrons. The minimum atomic E-state index is -0.300. The van der Waals surface area contributed by atoms with Crippen LogP contribution in [-0.4, -0.2) is 61.1 Å². The minimum Gasteiger partial charge on any atom is -0.381 e. The molecule has 2 saturated heterocycles. The number of aromatic nitrogens is 1. The number of nitrogens with one attached hydrogen (secondary N) is 1. The first-order valence-electron chi connectivity index (χ1n) is 13.1.